The van der Waals surface area contributed by atoms with Crippen LogP contribution < -0.4 is 4.74 Å². The van der Waals surface area contributed by atoms with E-state index in [0.29, 0.717) is 0 Å². The summed E-state index contributed by atoms with van der Waals surface area (Å²) in [5, 5.41) is 0. The lowest BCUT2D eigenvalue weighted by atomic mass is 9.84. The van der Waals surface area contributed by atoms with Gasteiger partial charge >= 0.3 is 0 Å². The summed E-state index contributed by atoms with van der Waals surface area (Å²) in [7, 11) is 1.69. The zero-order valence-electron chi connectivity index (χ0n) is 13.4. The van der Waals surface area contributed by atoms with Gasteiger partial charge in [-0.05, 0) is 34.2 Å². The van der Waals surface area contributed by atoms with Crippen LogP contribution in [0, 0.1) is 0 Å². The molecule has 110 valence electrons. The highest BCUT2D eigenvalue weighted by molar-refractivity contribution is 5.40. The van der Waals surface area contributed by atoms with E-state index >= 15 is 0 Å². The topological polar surface area (TPSA) is 9.23 Å². The van der Waals surface area contributed by atoms with Gasteiger partial charge in [0.2, 0.25) is 0 Å². The molecule has 0 spiro atoms. The van der Waals surface area contributed by atoms with Gasteiger partial charge in [0.25, 0.3) is 0 Å². The van der Waals surface area contributed by atoms with Gasteiger partial charge < -0.3 is 4.74 Å². The summed E-state index contributed by atoms with van der Waals surface area (Å²) in [6, 6.07) is 17.0. The zero-order chi connectivity index (χ0) is 15.5. The molecule has 0 aliphatic heterocycles. The van der Waals surface area contributed by atoms with Crippen LogP contribution in [-0.2, 0) is 5.41 Å². The number of benzene rings is 2. The van der Waals surface area contributed by atoms with Gasteiger partial charge in [-0.3, -0.25) is 0 Å². The molecule has 0 N–H and O–H groups in total. The summed E-state index contributed by atoms with van der Waals surface area (Å²) in [4.78, 5) is 0. The molecule has 1 atom stereocenters. The fourth-order valence-electron chi connectivity index (χ4n) is 2.47. The lowest BCUT2D eigenvalue weighted by Gasteiger charge is -2.20. The minimum absolute atomic E-state index is 0.183. The third kappa shape index (κ3) is 3.55. The summed E-state index contributed by atoms with van der Waals surface area (Å²) in [5.74, 6) is 1.09. The third-order valence-electron chi connectivity index (χ3n) is 3.85. The molecule has 0 aromatic heterocycles. The highest BCUT2D eigenvalue weighted by Crippen LogP contribution is 2.29. The Kier molecular flexibility index (Phi) is 4.52. The van der Waals surface area contributed by atoms with Crippen molar-refractivity contribution in [2.24, 2.45) is 0 Å². The van der Waals surface area contributed by atoms with Gasteiger partial charge in [-0.1, -0.05) is 63.2 Å². The standard InChI is InChI=1S/C20H24O/c1-6-19(16-9-13-18(21-5)14-10-16)15-7-11-17(12-8-15)20(2,3)4/h6-14,19H,1H2,2-5H3. The Hall–Kier alpha value is -2.02. The first-order valence-electron chi connectivity index (χ1n) is 7.32. The molecule has 0 saturated carbocycles. The predicted molar refractivity (Wildman–Crippen MR) is 90.2 cm³/mol. The predicted octanol–water partition coefficient (Wildman–Crippen LogP) is 5.31. The minimum Gasteiger partial charge on any atom is -0.497 e. The first-order valence-corrected chi connectivity index (χ1v) is 7.32. The lowest BCUT2D eigenvalue weighted by Crippen LogP contribution is -2.11. The van der Waals surface area contributed by atoms with Gasteiger partial charge in [-0.15, -0.1) is 6.58 Å². The van der Waals surface area contributed by atoms with Crippen molar-refractivity contribution in [3.8, 4) is 5.75 Å². The van der Waals surface area contributed by atoms with Crippen molar-refractivity contribution in [1.29, 1.82) is 0 Å². The molecule has 1 unspecified atom stereocenters. The molecule has 0 amide bonds. The normalized spacial score (nSPS) is 12.8. The molecule has 0 saturated heterocycles. The number of hydrogen-bond donors (Lipinski definition) is 0. The fourth-order valence-corrected chi connectivity index (χ4v) is 2.47. The highest BCUT2D eigenvalue weighted by atomic mass is 16.5. The summed E-state index contributed by atoms with van der Waals surface area (Å²) in [6.45, 7) is 10.7. The van der Waals surface area contributed by atoms with Gasteiger partial charge in [0.15, 0.2) is 0 Å². The molecule has 0 radical (unpaired) electrons. The van der Waals surface area contributed by atoms with Gasteiger partial charge in [0.05, 0.1) is 7.11 Å². The highest BCUT2D eigenvalue weighted by Gasteiger charge is 2.15. The Morgan fingerprint density at radius 1 is 0.905 bits per heavy atom. The molecule has 1 heteroatoms. The van der Waals surface area contributed by atoms with E-state index in [4.69, 9.17) is 4.74 Å². The molecule has 2 aromatic rings. The van der Waals surface area contributed by atoms with Crippen molar-refractivity contribution < 1.29 is 4.74 Å². The molecular formula is C20H24O. The van der Waals surface area contributed by atoms with E-state index in [1.807, 2.05) is 18.2 Å². The van der Waals surface area contributed by atoms with E-state index < -0.39 is 0 Å². The first kappa shape index (κ1) is 15.4. The Bertz CT molecular complexity index is 585. The minimum atomic E-state index is 0.183. The second kappa shape index (κ2) is 6.17. The van der Waals surface area contributed by atoms with Crippen molar-refractivity contribution in [3.63, 3.8) is 0 Å². The smallest absolute Gasteiger partial charge is 0.118 e. The lowest BCUT2D eigenvalue weighted by molar-refractivity contribution is 0.414. The summed E-state index contributed by atoms with van der Waals surface area (Å²) in [5.41, 5.74) is 4.03. The molecule has 0 heterocycles. The number of allylic oxidation sites excluding steroid dienone is 1. The quantitative estimate of drug-likeness (QED) is 0.690. The van der Waals surface area contributed by atoms with Crippen LogP contribution in [0.4, 0.5) is 0 Å². The molecule has 2 aromatic carbocycles. The molecule has 1 nitrogen and oxygen atoms in total. The average Bonchev–Trinajstić information content (AvgIpc) is 2.48. The van der Waals surface area contributed by atoms with Gasteiger partial charge in [0, 0.05) is 5.92 Å². The second-order valence-corrected chi connectivity index (χ2v) is 6.36. The van der Waals surface area contributed by atoms with Crippen LogP contribution in [0.1, 0.15) is 43.4 Å². The molecule has 0 aliphatic rings. The monoisotopic (exact) mass is 280 g/mol. The van der Waals surface area contributed by atoms with Gasteiger partial charge in [0.1, 0.15) is 5.75 Å². The molecule has 21 heavy (non-hydrogen) atoms. The molecular weight excluding hydrogens is 256 g/mol. The van der Waals surface area contributed by atoms with Crippen LogP contribution in [0.3, 0.4) is 0 Å². The average molecular weight is 280 g/mol. The van der Waals surface area contributed by atoms with E-state index in [0.717, 1.165) is 5.75 Å². The first-order chi connectivity index (χ1) is 9.95. The van der Waals surface area contributed by atoms with Gasteiger partial charge in [-0.25, -0.2) is 0 Å². The van der Waals surface area contributed by atoms with Crippen molar-refractivity contribution in [2.75, 3.05) is 7.11 Å². The summed E-state index contributed by atoms with van der Waals surface area (Å²) < 4.78 is 5.22. The molecule has 0 bridgehead atoms. The molecule has 0 aliphatic carbocycles. The molecule has 2 rings (SSSR count). The van der Waals surface area contributed by atoms with Crippen molar-refractivity contribution >= 4 is 0 Å². The third-order valence-corrected chi connectivity index (χ3v) is 3.85. The van der Waals surface area contributed by atoms with Gasteiger partial charge in [-0.2, -0.15) is 0 Å². The Morgan fingerprint density at radius 2 is 1.38 bits per heavy atom. The largest absolute Gasteiger partial charge is 0.497 e. The van der Waals surface area contributed by atoms with E-state index in [-0.39, 0.29) is 11.3 Å². The van der Waals surface area contributed by atoms with Crippen LogP contribution in [0.25, 0.3) is 0 Å². The molecule has 0 fully saturated rings. The van der Waals surface area contributed by atoms with Crippen molar-refractivity contribution in [1.82, 2.24) is 0 Å². The van der Waals surface area contributed by atoms with E-state index in [9.17, 15) is 0 Å². The maximum Gasteiger partial charge on any atom is 0.118 e. The maximum atomic E-state index is 5.22. The van der Waals surface area contributed by atoms with E-state index in [2.05, 4.69) is 63.7 Å². The number of ether oxygens (including phenoxy) is 1. The number of hydrogen-bond acceptors (Lipinski definition) is 1. The second-order valence-electron chi connectivity index (χ2n) is 6.36. The van der Waals surface area contributed by atoms with E-state index in [1.165, 1.54) is 16.7 Å². The van der Waals surface area contributed by atoms with Crippen LogP contribution in [0.2, 0.25) is 0 Å². The summed E-state index contributed by atoms with van der Waals surface area (Å²) >= 11 is 0. The number of methoxy groups -OCH3 is 1. The SMILES string of the molecule is C=CC(c1ccc(OC)cc1)c1ccc(C(C)(C)C)cc1. The maximum absolute atomic E-state index is 5.22. The van der Waals surface area contributed by atoms with Crippen LogP contribution >= 0.6 is 0 Å². The fraction of sp³-hybridized carbons (Fsp3) is 0.300. The zero-order valence-corrected chi connectivity index (χ0v) is 13.4. The summed E-state index contributed by atoms with van der Waals surface area (Å²) in [6.07, 6.45) is 1.99. The van der Waals surface area contributed by atoms with Crippen molar-refractivity contribution in [3.05, 3.63) is 77.9 Å². The Labute approximate surface area is 128 Å². The Morgan fingerprint density at radius 3 is 1.76 bits per heavy atom. The van der Waals surface area contributed by atoms with Crippen LogP contribution in [0.15, 0.2) is 61.2 Å². The van der Waals surface area contributed by atoms with E-state index in [1.54, 1.807) is 7.11 Å². The van der Waals surface area contributed by atoms with Crippen LogP contribution in [-0.4, -0.2) is 7.11 Å². The van der Waals surface area contributed by atoms with Crippen LogP contribution in [0.5, 0.6) is 5.75 Å². The number of rotatable bonds is 4. The Balaban J connectivity index is 2.30. The van der Waals surface area contributed by atoms with Crippen molar-refractivity contribution in [2.45, 2.75) is 32.1 Å².